The van der Waals surface area contributed by atoms with Crippen LogP contribution in [0.4, 0.5) is 0 Å². The summed E-state index contributed by atoms with van der Waals surface area (Å²) in [7, 11) is 2.72. The third-order valence-corrected chi connectivity index (χ3v) is 1.85. The first kappa shape index (κ1) is 12.0. The van der Waals surface area contributed by atoms with E-state index >= 15 is 0 Å². The Morgan fingerprint density at radius 3 is 2.38 bits per heavy atom. The van der Waals surface area contributed by atoms with E-state index in [0.29, 0.717) is 5.75 Å². The minimum Gasteiger partial charge on any atom is -0.497 e. The zero-order valence-electron chi connectivity index (χ0n) is 9.27. The van der Waals surface area contributed by atoms with Gasteiger partial charge >= 0.3 is 11.9 Å². The molecule has 0 aliphatic rings. The molecule has 16 heavy (non-hydrogen) atoms. The molecule has 0 unspecified atom stereocenters. The van der Waals surface area contributed by atoms with Gasteiger partial charge in [-0.25, -0.2) is 4.79 Å². The van der Waals surface area contributed by atoms with Gasteiger partial charge < -0.3 is 14.2 Å². The van der Waals surface area contributed by atoms with Crippen molar-refractivity contribution >= 4 is 11.9 Å². The number of carbonyl (C=O) groups excluding carboxylic acids is 2. The van der Waals surface area contributed by atoms with Crippen LogP contribution in [0.1, 0.15) is 17.3 Å². The zero-order valence-corrected chi connectivity index (χ0v) is 9.27. The molecule has 1 aromatic rings. The van der Waals surface area contributed by atoms with Gasteiger partial charge in [0.05, 0.1) is 14.2 Å². The Kier molecular flexibility index (Phi) is 3.88. The largest absolute Gasteiger partial charge is 0.497 e. The van der Waals surface area contributed by atoms with Crippen molar-refractivity contribution < 1.29 is 23.8 Å². The lowest BCUT2D eigenvalue weighted by Crippen LogP contribution is -2.09. The molecule has 0 aromatic heterocycles. The highest BCUT2D eigenvalue weighted by atomic mass is 16.5. The first-order valence-corrected chi connectivity index (χ1v) is 4.53. The quantitative estimate of drug-likeness (QED) is 0.573. The summed E-state index contributed by atoms with van der Waals surface area (Å²) in [5, 5.41) is 0. The first-order chi connectivity index (χ1) is 7.58. The van der Waals surface area contributed by atoms with E-state index < -0.39 is 11.9 Å². The lowest BCUT2D eigenvalue weighted by molar-refractivity contribution is -0.131. The van der Waals surface area contributed by atoms with Gasteiger partial charge in [-0.05, 0) is 18.2 Å². The third kappa shape index (κ3) is 2.73. The van der Waals surface area contributed by atoms with Gasteiger partial charge in [-0.1, -0.05) is 0 Å². The van der Waals surface area contributed by atoms with Gasteiger partial charge in [-0.15, -0.1) is 0 Å². The Hall–Kier alpha value is -2.04. The van der Waals surface area contributed by atoms with E-state index in [0.717, 1.165) is 0 Å². The van der Waals surface area contributed by atoms with Crippen LogP contribution in [0.3, 0.4) is 0 Å². The molecule has 0 bridgehead atoms. The molecule has 0 saturated carbocycles. The topological polar surface area (TPSA) is 61.8 Å². The van der Waals surface area contributed by atoms with Crippen molar-refractivity contribution in [2.75, 3.05) is 14.2 Å². The molecule has 1 rings (SSSR count). The van der Waals surface area contributed by atoms with E-state index in [1.165, 1.54) is 33.3 Å². The van der Waals surface area contributed by atoms with Crippen LogP contribution in [0.15, 0.2) is 18.2 Å². The van der Waals surface area contributed by atoms with Crippen LogP contribution in [0.25, 0.3) is 0 Å². The van der Waals surface area contributed by atoms with Crippen LogP contribution in [0, 0.1) is 0 Å². The molecule has 1 aromatic carbocycles. The van der Waals surface area contributed by atoms with Crippen molar-refractivity contribution in [1.82, 2.24) is 0 Å². The van der Waals surface area contributed by atoms with Crippen molar-refractivity contribution in [3.05, 3.63) is 23.8 Å². The van der Waals surface area contributed by atoms with Gasteiger partial charge in [-0.2, -0.15) is 0 Å². The fourth-order valence-corrected chi connectivity index (χ4v) is 1.15. The van der Waals surface area contributed by atoms with Crippen molar-refractivity contribution in [3.63, 3.8) is 0 Å². The van der Waals surface area contributed by atoms with Crippen LogP contribution in [0.2, 0.25) is 0 Å². The molecular formula is C11H12O5. The monoisotopic (exact) mass is 224 g/mol. The van der Waals surface area contributed by atoms with Gasteiger partial charge in [0, 0.05) is 6.92 Å². The fourth-order valence-electron chi connectivity index (χ4n) is 1.15. The number of ether oxygens (including phenoxy) is 3. The Bertz CT molecular complexity index is 411. The second-order valence-corrected chi connectivity index (χ2v) is 2.95. The number of rotatable bonds is 3. The van der Waals surface area contributed by atoms with Gasteiger partial charge in [-0.3, -0.25) is 4.79 Å². The van der Waals surface area contributed by atoms with E-state index in [4.69, 9.17) is 9.47 Å². The zero-order chi connectivity index (χ0) is 12.1. The second kappa shape index (κ2) is 5.16. The van der Waals surface area contributed by atoms with E-state index in [1.807, 2.05) is 0 Å². The van der Waals surface area contributed by atoms with E-state index in [-0.39, 0.29) is 11.3 Å². The molecule has 0 radical (unpaired) electrons. The maximum atomic E-state index is 11.4. The molecule has 5 heteroatoms. The summed E-state index contributed by atoms with van der Waals surface area (Å²) in [6.07, 6.45) is 0. The molecule has 0 atom stereocenters. The molecule has 0 aliphatic heterocycles. The highest BCUT2D eigenvalue weighted by Gasteiger charge is 2.15. The van der Waals surface area contributed by atoms with Gasteiger partial charge in [0.2, 0.25) is 0 Å². The highest BCUT2D eigenvalue weighted by Crippen LogP contribution is 2.24. The summed E-state index contributed by atoms with van der Waals surface area (Å²) in [6.45, 7) is 1.26. The van der Waals surface area contributed by atoms with E-state index in [1.54, 1.807) is 6.07 Å². The minimum absolute atomic E-state index is 0.150. The summed E-state index contributed by atoms with van der Waals surface area (Å²) >= 11 is 0. The van der Waals surface area contributed by atoms with Crippen molar-refractivity contribution in [2.24, 2.45) is 0 Å². The molecule has 0 amide bonds. The normalized spacial score (nSPS) is 9.44. The molecule has 0 fully saturated rings. The summed E-state index contributed by atoms with van der Waals surface area (Å²) < 4.78 is 14.4. The second-order valence-electron chi connectivity index (χ2n) is 2.95. The highest BCUT2D eigenvalue weighted by molar-refractivity contribution is 5.93. The Labute approximate surface area is 92.9 Å². The molecule has 0 spiro atoms. The van der Waals surface area contributed by atoms with Crippen LogP contribution in [0.5, 0.6) is 11.5 Å². The standard InChI is InChI=1S/C11H12O5/c1-7(12)16-10-5-4-8(14-2)6-9(10)11(13)15-3/h4-6H,1-3H3. The number of hydrogen-bond acceptors (Lipinski definition) is 5. The summed E-state index contributed by atoms with van der Waals surface area (Å²) in [5.41, 5.74) is 0.150. The van der Waals surface area contributed by atoms with Gasteiger partial charge in [0.25, 0.3) is 0 Å². The minimum atomic E-state index is -0.588. The molecule has 0 heterocycles. The van der Waals surface area contributed by atoms with Crippen LogP contribution >= 0.6 is 0 Å². The smallest absolute Gasteiger partial charge is 0.341 e. The Balaban J connectivity index is 3.15. The number of benzene rings is 1. The number of carbonyl (C=O) groups is 2. The van der Waals surface area contributed by atoms with Crippen molar-refractivity contribution in [1.29, 1.82) is 0 Å². The van der Waals surface area contributed by atoms with Crippen LogP contribution < -0.4 is 9.47 Å². The van der Waals surface area contributed by atoms with Crippen LogP contribution in [-0.4, -0.2) is 26.2 Å². The van der Waals surface area contributed by atoms with Gasteiger partial charge in [0.15, 0.2) is 0 Å². The van der Waals surface area contributed by atoms with Gasteiger partial charge in [0.1, 0.15) is 17.1 Å². The molecular weight excluding hydrogens is 212 g/mol. The Morgan fingerprint density at radius 2 is 1.88 bits per heavy atom. The average Bonchev–Trinajstić information content (AvgIpc) is 2.28. The first-order valence-electron chi connectivity index (χ1n) is 4.53. The fraction of sp³-hybridized carbons (Fsp3) is 0.273. The maximum absolute atomic E-state index is 11.4. The predicted molar refractivity (Wildman–Crippen MR) is 55.6 cm³/mol. The molecule has 0 saturated heterocycles. The molecule has 86 valence electrons. The number of esters is 2. The van der Waals surface area contributed by atoms with E-state index in [2.05, 4.69) is 4.74 Å². The third-order valence-electron chi connectivity index (χ3n) is 1.85. The van der Waals surface area contributed by atoms with E-state index in [9.17, 15) is 9.59 Å². The van der Waals surface area contributed by atoms with Crippen molar-refractivity contribution in [2.45, 2.75) is 6.92 Å². The average molecular weight is 224 g/mol. The predicted octanol–water partition coefficient (Wildman–Crippen LogP) is 1.41. The summed E-state index contributed by atoms with van der Waals surface area (Å²) in [5.74, 6) is -0.457. The summed E-state index contributed by atoms with van der Waals surface area (Å²) in [4.78, 5) is 22.2. The SMILES string of the molecule is COC(=O)c1cc(OC)ccc1OC(C)=O. The number of methoxy groups -OCH3 is 2. The lowest BCUT2D eigenvalue weighted by Gasteiger charge is -2.08. The summed E-state index contributed by atoms with van der Waals surface area (Å²) in [6, 6.07) is 4.52. The number of hydrogen-bond donors (Lipinski definition) is 0. The molecule has 5 nitrogen and oxygen atoms in total. The Morgan fingerprint density at radius 1 is 1.19 bits per heavy atom. The maximum Gasteiger partial charge on any atom is 0.341 e. The lowest BCUT2D eigenvalue weighted by atomic mass is 10.2. The van der Waals surface area contributed by atoms with Crippen LogP contribution in [-0.2, 0) is 9.53 Å². The van der Waals surface area contributed by atoms with Crippen molar-refractivity contribution in [3.8, 4) is 11.5 Å². The molecule has 0 N–H and O–H groups in total. The molecule has 0 aliphatic carbocycles.